The minimum absolute atomic E-state index is 0.196. The van der Waals surface area contributed by atoms with Crippen LogP contribution < -0.4 is 5.73 Å². The van der Waals surface area contributed by atoms with E-state index in [2.05, 4.69) is 0 Å². The van der Waals surface area contributed by atoms with Gasteiger partial charge in [-0.15, -0.1) is 0 Å². The van der Waals surface area contributed by atoms with Crippen molar-refractivity contribution in [1.82, 2.24) is 4.90 Å². The van der Waals surface area contributed by atoms with Crippen molar-refractivity contribution in [3.8, 4) is 0 Å². The summed E-state index contributed by atoms with van der Waals surface area (Å²) < 4.78 is 24.1. The Morgan fingerprint density at radius 1 is 1.20 bits per heavy atom. The van der Waals surface area contributed by atoms with Crippen LogP contribution in [-0.2, 0) is 13.1 Å². The number of halogens is 2. The first kappa shape index (κ1) is 12.1. The summed E-state index contributed by atoms with van der Waals surface area (Å²) in [5, 5.41) is 0. The highest BCUT2D eigenvalue weighted by Crippen LogP contribution is 2.07. The lowest BCUT2D eigenvalue weighted by molar-refractivity contribution is 0.0975. The van der Waals surface area contributed by atoms with E-state index < -0.39 is 6.43 Å². The molecule has 0 saturated carbocycles. The van der Waals surface area contributed by atoms with Gasteiger partial charge in [-0.25, -0.2) is 8.78 Å². The van der Waals surface area contributed by atoms with E-state index in [0.717, 1.165) is 11.1 Å². The molecule has 1 rings (SSSR count). The van der Waals surface area contributed by atoms with Gasteiger partial charge in [-0.05, 0) is 18.2 Å². The summed E-state index contributed by atoms with van der Waals surface area (Å²) in [5.41, 5.74) is 7.53. The van der Waals surface area contributed by atoms with Crippen LogP contribution in [-0.4, -0.2) is 24.9 Å². The van der Waals surface area contributed by atoms with Crippen molar-refractivity contribution in [1.29, 1.82) is 0 Å². The Morgan fingerprint density at radius 3 is 2.20 bits per heavy atom. The SMILES string of the molecule is CN(Cc1ccc(CN)cc1)CC(F)F. The van der Waals surface area contributed by atoms with Crippen molar-refractivity contribution in [3.63, 3.8) is 0 Å². The summed E-state index contributed by atoms with van der Waals surface area (Å²) in [5.74, 6) is 0. The Labute approximate surface area is 88.7 Å². The number of hydrogen-bond acceptors (Lipinski definition) is 2. The van der Waals surface area contributed by atoms with Crippen molar-refractivity contribution in [2.75, 3.05) is 13.6 Å². The first-order chi connectivity index (χ1) is 7.11. The first-order valence-electron chi connectivity index (χ1n) is 4.86. The molecular formula is C11H16F2N2. The van der Waals surface area contributed by atoms with Gasteiger partial charge in [-0.3, -0.25) is 4.90 Å². The Kier molecular flexibility index (Phi) is 4.65. The van der Waals surface area contributed by atoms with Crippen molar-refractivity contribution in [2.45, 2.75) is 19.5 Å². The lowest BCUT2D eigenvalue weighted by atomic mass is 10.1. The molecule has 0 aliphatic carbocycles. The van der Waals surface area contributed by atoms with Gasteiger partial charge in [0.2, 0.25) is 0 Å². The lowest BCUT2D eigenvalue weighted by Crippen LogP contribution is -2.24. The zero-order valence-corrected chi connectivity index (χ0v) is 8.79. The summed E-state index contributed by atoms with van der Waals surface area (Å²) in [6.45, 7) is 0.848. The number of benzene rings is 1. The van der Waals surface area contributed by atoms with Crippen LogP contribution in [0.25, 0.3) is 0 Å². The van der Waals surface area contributed by atoms with E-state index in [0.29, 0.717) is 13.1 Å². The third-order valence-corrected chi connectivity index (χ3v) is 2.16. The Balaban J connectivity index is 2.49. The number of hydrogen-bond donors (Lipinski definition) is 1. The average molecular weight is 214 g/mol. The van der Waals surface area contributed by atoms with Gasteiger partial charge in [0.05, 0.1) is 6.54 Å². The third-order valence-electron chi connectivity index (χ3n) is 2.16. The molecule has 1 aromatic carbocycles. The minimum Gasteiger partial charge on any atom is -0.326 e. The van der Waals surface area contributed by atoms with E-state index in [1.165, 1.54) is 0 Å². The second-order valence-corrected chi connectivity index (χ2v) is 3.61. The molecule has 0 atom stereocenters. The average Bonchev–Trinajstić information content (AvgIpc) is 2.17. The second kappa shape index (κ2) is 5.78. The molecule has 1 aromatic rings. The van der Waals surface area contributed by atoms with Crippen LogP contribution >= 0.6 is 0 Å². The third kappa shape index (κ3) is 4.36. The Bertz CT molecular complexity index is 285. The molecule has 84 valence electrons. The number of rotatable bonds is 5. The maximum atomic E-state index is 12.0. The molecule has 4 heteroatoms. The molecule has 0 radical (unpaired) electrons. The molecule has 0 fully saturated rings. The fourth-order valence-electron chi connectivity index (χ4n) is 1.39. The molecule has 0 bridgehead atoms. The molecule has 2 nitrogen and oxygen atoms in total. The fourth-order valence-corrected chi connectivity index (χ4v) is 1.39. The first-order valence-corrected chi connectivity index (χ1v) is 4.86. The van der Waals surface area contributed by atoms with Crippen molar-refractivity contribution >= 4 is 0 Å². The fraction of sp³-hybridized carbons (Fsp3) is 0.455. The van der Waals surface area contributed by atoms with Crippen LogP contribution in [0.4, 0.5) is 8.78 Å². The minimum atomic E-state index is -2.28. The summed E-state index contributed by atoms with van der Waals surface area (Å²) in [4.78, 5) is 1.60. The van der Waals surface area contributed by atoms with Crippen LogP contribution in [0.1, 0.15) is 11.1 Å². The zero-order chi connectivity index (χ0) is 11.3. The smallest absolute Gasteiger partial charge is 0.251 e. The number of nitrogens with zero attached hydrogens (tertiary/aromatic N) is 1. The summed E-state index contributed by atoms with van der Waals surface area (Å²) in [7, 11) is 1.68. The van der Waals surface area contributed by atoms with Crippen LogP contribution in [0.2, 0.25) is 0 Å². The van der Waals surface area contributed by atoms with Crippen molar-refractivity contribution in [3.05, 3.63) is 35.4 Å². The second-order valence-electron chi connectivity index (χ2n) is 3.61. The van der Waals surface area contributed by atoms with Crippen molar-refractivity contribution < 1.29 is 8.78 Å². The van der Waals surface area contributed by atoms with Gasteiger partial charge in [0.15, 0.2) is 0 Å². The highest BCUT2D eigenvalue weighted by Gasteiger charge is 2.07. The topological polar surface area (TPSA) is 29.3 Å². The monoisotopic (exact) mass is 214 g/mol. The molecule has 0 unspecified atom stereocenters. The standard InChI is InChI=1S/C11H16F2N2/c1-15(8-11(12)13)7-10-4-2-9(6-14)3-5-10/h2-5,11H,6-8,14H2,1H3. The summed E-state index contributed by atoms with van der Waals surface area (Å²) >= 11 is 0. The molecule has 0 spiro atoms. The molecule has 0 heterocycles. The number of nitrogens with two attached hydrogens (primary N) is 1. The van der Waals surface area contributed by atoms with E-state index in [-0.39, 0.29) is 6.54 Å². The van der Waals surface area contributed by atoms with Crippen LogP contribution in [0.3, 0.4) is 0 Å². The largest absolute Gasteiger partial charge is 0.326 e. The summed E-state index contributed by atoms with van der Waals surface area (Å²) in [6, 6.07) is 7.69. The van der Waals surface area contributed by atoms with Crippen LogP contribution in [0.15, 0.2) is 24.3 Å². The Morgan fingerprint density at radius 2 is 1.73 bits per heavy atom. The van der Waals surface area contributed by atoms with E-state index in [4.69, 9.17) is 5.73 Å². The quantitative estimate of drug-likeness (QED) is 0.810. The number of alkyl halides is 2. The van der Waals surface area contributed by atoms with Gasteiger partial charge in [-0.2, -0.15) is 0 Å². The van der Waals surface area contributed by atoms with E-state index in [1.807, 2.05) is 24.3 Å². The highest BCUT2D eigenvalue weighted by molar-refractivity contribution is 5.22. The normalized spacial score (nSPS) is 11.3. The van der Waals surface area contributed by atoms with Gasteiger partial charge < -0.3 is 5.73 Å². The van der Waals surface area contributed by atoms with Gasteiger partial charge in [0.25, 0.3) is 6.43 Å². The van der Waals surface area contributed by atoms with E-state index in [9.17, 15) is 8.78 Å². The molecule has 0 aliphatic rings. The van der Waals surface area contributed by atoms with Gasteiger partial charge in [-0.1, -0.05) is 24.3 Å². The molecule has 0 aromatic heterocycles. The van der Waals surface area contributed by atoms with E-state index >= 15 is 0 Å². The molecule has 0 saturated heterocycles. The van der Waals surface area contributed by atoms with Gasteiger partial charge >= 0.3 is 0 Å². The zero-order valence-electron chi connectivity index (χ0n) is 8.79. The van der Waals surface area contributed by atoms with Crippen LogP contribution in [0, 0.1) is 0 Å². The maximum Gasteiger partial charge on any atom is 0.251 e. The maximum absolute atomic E-state index is 12.0. The molecule has 0 amide bonds. The van der Waals surface area contributed by atoms with Crippen LogP contribution in [0.5, 0.6) is 0 Å². The predicted molar refractivity (Wildman–Crippen MR) is 56.7 cm³/mol. The predicted octanol–water partition coefficient (Wildman–Crippen LogP) is 1.84. The molecule has 0 aliphatic heterocycles. The summed E-state index contributed by atoms with van der Waals surface area (Å²) in [6.07, 6.45) is -2.28. The highest BCUT2D eigenvalue weighted by atomic mass is 19.3. The molecular weight excluding hydrogens is 198 g/mol. The van der Waals surface area contributed by atoms with Gasteiger partial charge in [0.1, 0.15) is 0 Å². The lowest BCUT2D eigenvalue weighted by Gasteiger charge is -2.15. The molecule has 15 heavy (non-hydrogen) atoms. The van der Waals surface area contributed by atoms with Gasteiger partial charge in [0, 0.05) is 13.1 Å². The van der Waals surface area contributed by atoms with E-state index in [1.54, 1.807) is 11.9 Å². The molecule has 2 N–H and O–H groups in total. The van der Waals surface area contributed by atoms with Crippen molar-refractivity contribution in [2.24, 2.45) is 5.73 Å². The Hall–Kier alpha value is -1.00.